The number of esters is 1. The van der Waals surface area contributed by atoms with Gasteiger partial charge in [-0.2, -0.15) is 0 Å². The van der Waals surface area contributed by atoms with E-state index in [0.717, 1.165) is 36.1 Å². The van der Waals surface area contributed by atoms with Crippen molar-refractivity contribution in [3.8, 4) is 0 Å². The van der Waals surface area contributed by atoms with Crippen molar-refractivity contribution in [2.75, 3.05) is 6.54 Å². The molecule has 1 N–H and O–H groups in total. The zero-order chi connectivity index (χ0) is 22.2. The highest BCUT2D eigenvalue weighted by Crippen LogP contribution is 2.18. The molecule has 0 bridgehead atoms. The van der Waals surface area contributed by atoms with Gasteiger partial charge in [-0.25, -0.2) is 9.37 Å². The average Bonchev–Trinajstić information content (AvgIpc) is 3.07. The number of halogens is 1. The van der Waals surface area contributed by atoms with Gasteiger partial charge in [-0.15, -0.1) is 0 Å². The normalized spacial score (nSPS) is 11.1. The van der Waals surface area contributed by atoms with E-state index in [4.69, 9.17) is 4.74 Å². The third-order valence-electron chi connectivity index (χ3n) is 4.87. The van der Waals surface area contributed by atoms with Gasteiger partial charge in [-0.1, -0.05) is 30.7 Å². The average molecular weight is 426 g/mol. The zero-order valence-corrected chi connectivity index (χ0v) is 17.9. The minimum absolute atomic E-state index is 0.0597. The number of rotatable bonds is 10. The number of nitrogens with one attached hydrogen (secondary N) is 1. The maximum absolute atomic E-state index is 13.6. The molecular formula is C24H28FN3O3. The Morgan fingerprint density at radius 2 is 1.81 bits per heavy atom. The largest absolute Gasteiger partial charge is 0.462 e. The third kappa shape index (κ3) is 6.13. The van der Waals surface area contributed by atoms with Gasteiger partial charge in [-0.05, 0) is 51.0 Å². The van der Waals surface area contributed by atoms with Crippen molar-refractivity contribution in [1.29, 1.82) is 0 Å². The number of ether oxygens (including phenoxy) is 1. The molecule has 7 heteroatoms. The van der Waals surface area contributed by atoms with Crippen molar-refractivity contribution in [1.82, 2.24) is 14.9 Å². The predicted molar refractivity (Wildman–Crippen MR) is 117 cm³/mol. The van der Waals surface area contributed by atoms with Crippen molar-refractivity contribution >= 4 is 22.9 Å². The standard InChI is InChI=1S/C24H28FN3O3/c1-17(2)31-23(29)16-28-21-13-8-7-12-20(21)27-22(28)14-4-3-9-15-26-24(30)18-10-5-6-11-19(18)25/h5-8,10-13,17H,3-4,9,14-16H2,1-2H3,(H,26,30). The molecule has 0 fully saturated rings. The summed E-state index contributed by atoms with van der Waals surface area (Å²) in [6, 6.07) is 13.7. The molecule has 1 amide bonds. The highest BCUT2D eigenvalue weighted by atomic mass is 19.1. The number of carbonyl (C=O) groups excluding carboxylic acids is 2. The Morgan fingerprint density at radius 3 is 2.58 bits per heavy atom. The molecule has 0 saturated heterocycles. The van der Waals surface area contributed by atoms with Crippen LogP contribution in [0.15, 0.2) is 48.5 Å². The number of carbonyl (C=O) groups is 2. The molecule has 0 spiro atoms. The van der Waals surface area contributed by atoms with Crippen LogP contribution >= 0.6 is 0 Å². The first kappa shape index (κ1) is 22.5. The molecule has 2 aromatic carbocycles. The van der Waals surface area contributed by atoms with Gasteiger partial charge in [0.1, 0.15) is 18.2 Å². The number of hydrogen-bond donors (Lipinski definition) is 1. The van der Waals surface area contributed by atoms with Crippen LogP contribution in [0.5, 0.6) is 0 Å². The lowest BCUT2D eigenvalue weighted by Crippen LogP contribution is -2.25. The Bertz CT molecular complexity index is 1050. The monoisotopic (exact) mass is 425 g/mol. The topological polar surface area (TPSA) is 73.2 Å². The lowest BCUT2D eigenvalue weighted by atomic mass is 10.1. The highest BCUT2D eigenvalue weighted by molar-refractivity contribution is 5.94. The molecule has 1 aromatic heterocycles. The molecule has 0 radical (unpaired) electrons. The summed E-state index contributed by atoms with van der Waals surface area (Å²) in [6.07, 6.45) is 3.06. The smallest absolute Gasteiger partial charge is 0.326 e. The van der Waals surface area contributed by atoms with E-state index in [1.807, 2.05) is 42.7 Å². The van der Waals surface area contributed by atoms with Crippen LogP contribution < -0.4 is 5.32 Å². The maximum Gasteiger partial charge on any atom is 0.326 e. The van der Waals surface area contributed by atoms with Crippen molar-refractivity contribution in [3.05, 3.63) is 65.7 Å². The third-order valence-corrected chi connectivity index (χ3v) is 4.87. The molecule has 3 aromatic rings. The molecule has 0 aliphatic carbocycles. The molecular weight excluding hydrogens is 397 g/mol. The number of fused-ring (bicyclic) bond motifs is 1. The van der Waals surface area contributed by atoms with Gasteiger partial charge in [0, 0.05) is 13.0 Å². The van der Waals surface area contributed by atoms with Gasteiger partial charge in [0.2, 0.25) is 0 Å². The number of unbranched alkanes of at least 4 members (excludes halogenated alkanes) is 2. The van der Waals surface area contributed by atoms with Crippen molar-refractivity contribution in [3.63, 3.8) is 0 Å². The number of amides is 1. The Hall–Kier alpha value is -3.22. The molecule has 164 valence electrons. The predicted octanol–water partition coefficient (Wildman–Crippen LogP) is 4.27. The fraction of sp³-hybridized carbons (Fsp3) is 0.375. The van der Waals surface area contributed by atoms with Gasteiger partial charge in [0.15, 0.2) is 0 Å². The van der Waals surface area contributed by atoms with Crippen molar-refractivity contribution < 1.29 is 18.7 Å². The molecule has 3 rings (SSSR count). The van der Waals surface area contributed by atoms with E-state index in [2.05, 4.69) is 10.3 Å². The fourth-order valence-electron chi connectivity index (χ4n) is 3.45. The number of para-hydroxylation sites is 2. The number of aromatic nitrogens is 2. The van der Waals surface area contributed by atoms with Crippen LogP contribution in [0.25, 0.3) is 11.0 Å². The van der Waals surface area contributed by atoms with Gasteiger partial charge in [-0.3, -0.25) is 9.59 Å². The van der Waals surface area contributed by atoms with E-state index in [9.17, 15) is 14.0 Å². The van der Waals surface area contributed by atoms with Crippen LogP contribution in [-0.4, -0.2) is 34.1 Å². The van der Waals surface area contributed by atoms with Gasteiger partial charge >= 0.3 is 5.97 Å². The second-order valence-corrected chi connectivity index (χ2v) is 7.69. The molecule has 1 heterocycles. The number of imidazole rings is 1. The van der Waals surface area contributed by atoms with Crippen LogP contribution in [0.4, 0.5) is 4.39 Å². The summed E-state index contributed by atoms with van der Waals surface area (Å²) in [5.41, 5.74) is 1.83. The first-order valence-corrected chi connectivity index (χ1v) is 10.6. The molecule has 31 heavy (non-hydrogen) atoms. The van der Waals surface area contributed by atoms with Crippen molar-refractivity contribution in [2.45, 2.75) is 52.2 Å². The molecule has 6 nitrogen and oxygen atoms in total. The second kappa shape index (κ2) is 10.7. The van der Waals surface area contributed by atoms with Crippen LogP contribution in [0, 0.1) is 5.82 Å². The van der Waals surface area contributed by atoms with E-state index in [-0.39, 0.29) is 24.2 Å². The molecule has 0 saturated carbocycles. The van der Waals surface area contributed by atoms with E-state index in [1.54, 1.807) is 12.1 Å². The quantitative estimate of drug-likeness (QED) is 0.389. The maximum atomic E-state index is 13.6. The highest BCUT2D eigenvalue weighted by Gasteiger charge is 2.15. The summed E-state index contributed by atoms with van der Waals surface area (Å²) < 4.78 is 20.9. The number of aryl methyl sites for hydroxylation is 1. The van der Waals surface area contributed by atoms with Gasteiger partial charge in [0.25, 0.3) is 5.91 Å². The minimum Gasteiger partial charge on any atom is -0.462 e. The number of nitrogens with zero attached hydrogens (tertiary/aromatic N) is 2. The second-order valence-electron chi connectivity index (χ2n) is 7.69. The SMILES string of the molecule is CC(C)OC(=O)Cn1c(CCCCCNC(=O)c2ccccc2F)nc2ccccc21. The summed E-state index contributed by atoms with van der Waals surface area (Å²) in [4.78, 5) is 28.9. The molecule has 0 unspecified atom stereocenters. The van der Waals surface area contributed by atoms with E-state index in [0.29, 0.717) is 13.0 Å². The number of benzene rings is 2. The fourth-order valence-corrected chi connectivity index (χ4v) is 3.45. The Labute approximate surface area is 181 Å². The van der Waals surface area contributed by atoms with Crippen LogP contribution in [-0.2, 0) is 22.5 Å². The van der Waals surface area contributed by atoms with Gasteiger partial charge in [0.05, 0.1) is 22.7 Å². The van der Waals surface area contributed by atoms with Crippen LogP contribution in [0.3, 0.4) is 0 Å². The minimum atomic E-state index is -0.519. The summed E-state index contributed by atoms with van der Waals surface area (Å²) >= 11 is 0. The van der Waals surface area contributed by atoms with Crippen LogP contribution in [0.2, 0.25) is 0 Å². The molecule has 0 aliphatic rings. The summed E-state index contributed by atoms with van der Waals surface area (Å²) in [6.45, 7) is 4.27. The lowest BCUT2D eigenvalue weighted by molar-refractivity contribution is -0.148. The lowest BCUT2D eigenvalue weighted by Gasteiger charge is -2.11. The van der Waals surface area contributed by atoms with Crippen molar-refractivity contribution in [2.24, 2.45) is 0 Å². The molecule has 0 aliphatic heterocycles. The first-order valence-electron chi connectivity index (χ1n) is 10.6. The Balaban J connectivity index is 1.51. The zero-order valence-electron chi connectivity index (χ0n) is 17.9. The van der Waals surface area contributed by atoms with E-state index in [1.165, 1.54) is 12.1 Å². The van der Waals surface area contributed by atoms with E-state index >= 15 is 0 Å². The van der Waals surface area contributed by atoms with Crippen LogP contribution in [0.1, 0.15) is 49.3 Å². The summed E-state index contributed by atoms with van der Waals surface area (Å²) in [5, 5.41) is 2.75. The summed E-state index contributed by atoms with van der Waals surface area (Å²) in [7, 11) is 0. The Morgan fingerprint density at radius 1 is 1.06 bits per heavy atom. The van der Waals surface area contributed by atoms with Gasteiger partial charge < -0.3 is 14.6 Å². The molecule has 0 atom stereocenters. The van der Waals surface area contributed by atoms with E-state index < -0.39 is 11.7 Å². The number of hydrogen-bond acceptors (Lipinski definition) is 4. The summed E-state index contributed by atoms with van der Waals surface area (Å²) in [5.74, 6) is -0.356. The first-order chi connectivity index (χ1) is 15.0. The Kier molecular flexibility index (Phi) is 7.76.